The number of carbonyl (C=O) groups excluding carboxylic acids is 1. The van der Waals surface area contributed by atoms with E-state index in [9.17, 15) is 4.79 Å². The quantitative estimate of drug-likeness (QED) is 0.605. The first-order valence-electron chi connectivity index (χ1n) is 3.62. The molecule has 0 saturated heterocycles. The Labute approximate surface area is 72.3 Å². The van der Waals surface area contributed by atoms with Gasteiger partial charge in [0.05, 0.1) is 12.2 Å². The molecule has 0 fully saturated rings. The van der Waals surface area contributed by atoms with Crippen LogP contribution in [-0.2, 0) is 9.53 Å². The highest BCUT2D eigenvalue weighted by Crippen LogP contribution is 1.90. The Hall–Kier alpha value is -1.16. The fourth-order valence-electron chi connectivity index (χ4n) is 0.621. The van der Waals surface area contributed by atoms with Crippen LogP contribution < -0.4 is 5.32 Å². The van der Waals surface area contributed by atoms with Crippen molar-refractivity contribution in [3.05, 3.63) is 11.8 Å². The standard InChI is InChI=1S/C8H14N2O2/c1-4-7(9-2)5-10-8(11)6-12-3/h4H,2,5-6H2,1,3H3,(H,10,11). The van der Waals surface area contributed by atoms with Crippen LogP contribution in [0.2, 0.25) is 0 Å². The van der Waals surface area contributed by atoms with Crippen molar-refractivity contribution in [3.63, 3.8) is 0 Å². The number of hydrogen-bond donors (Lipinski definition) is 1. The molecule has 0 unspecified atom stereocenters. The van der Waals surface area contributed by atoms with E-state index in [0.717, 1.165) is 5.70 Å². The number of rotatable bonds is 5. The Balaban J connectivity index is 3.67. The van der Waals surface area contributed by atoms with Gasteiger partial charge in [0.25, 0.3) is 0 Å². The monoisotopic (exact) mass is 170 g/mol. The van der Waals surface area contributed by atoms with Crippen molar-refractivity contribution in [2.45, 2.75) is 6.92 Å². The van der Waals surface area contributed by atoms with Crippen LogP contribution in [0.3, 0.4) is 0 Å². The van der Waals surface area contributed by atoms with E-state index in [1.54, 1.807) is 6.08 Å². The Bertz CT molecular complexity index is 187. The summed E-state index contributed by atoms with van der Waals surface area (Å²) in [4.78, 5) is 14.5. The van der Waals surface area contributed by atoms with Gasteiger partial charge in [0, 0.05) is 7.11 Å². The molecule has 4 heteroatoms. The van der Waals surface area contributed by atoms with Crippen molar-refractivity contribution in [1.29, 1.82) is 0 Å². The lowest BCUT2D eigenvalue weighted by atomic mass is 10.4. The lowest BCUT2D eigenvalue weighted by molar-refractivity contribution is -0.124. The molecule has 0 bridgehead atoms. The normalized spacial score (nSPS) is 11.0. The highest BCUT2D eigenvalue weighted by atomic mass is 16.5. The molecule has 12 heavy (non-hydrogen) atoms. The Morgan fingerprint density at radius 1 is 1.75 bits per heavy atom. The van der Waals surface area contributed by atoms with Gasteiger partial charge in [-0.25, -0.2) is 0 Å². The summed E-state index contributed by atoms with van der Waals surface area (Å²) in [6, 6.07) is 0. The predicted octanol–water partition coefficient (Wildman–Crippen LogP) is 0.353. The van der Waals surface area contributed by atoms with Crippen LogP contribution in [0, 0.1) is 0 Å². The van der Waals surface area contributed by atoms with Crippen LogP contribution in [0.5, 0.6) is 0 Å². The molecular weight excluding hydrogens is 156 g/mol. The van der Waals surface area contributed by atoms with Gasteiger partial charge in [0.2, 0.25) is 5.91 Å². The van der Waals surface area contributed by atoms with Crippen molar-refractivity contribution >= 4 is 12.6 Å². The molecule has 0 heterocycles. The number of nitrogens with zero attached hydrogens (tertiary/aromatic N) is 1. The third-order valence-corrected chi connectivity index (χ3v) is 1.28. The summed E-state index contributed by atoms with van der Waals surface area (Å²) in [5, 5.41) is 2.62. The minimum absolute atomic E-state index is 0.0775. The van der Waals surface area contributed by atoms with E-state index in [1.807, 2.05) is 6.92 Å². The van der Waals surface area contributed by atoms with E-state index in [2.05, 4.69) is 21.8 Å². The van der Waals surface area contributed by atoms with Crippen LogP contribution >= 0.6 is 0 Å². The Kier molecular flexibility index (Phi) is 5.91. The minimum Gasteiger partial charge on any atom is -0.375 e. The first kappa shape index (κ1) is 10.8. The molecule has 0 rings (SSSR count). The molecule has 68 valence electrons. The number of hydrogen-bond acceptors (Lipinski definition) is 3. The molecule has 0 spiro atoms. The summed E-state index contributed by atoms with van der Waals surface area (Å²) in [6.45, 7) is 5.68. The van der Waals surface area contributed by atoms with Gasteiger partial charge in [0.1, 0.15) is 6.61 Å². The van der Waals surface area contributed by atoms with Crippen LogP contribution in [0.4, 0.5) is 0 Å². The molecule has 0 atom stereocenters. The summed E-state index contributed by atoms with van der Waals surface area (Å²) in [7, 11) is 1.47. The van der Waals surface area contributed by atoms with Crippen LogP contribution in [-0.4, -0.2) is 32.9 Å². The van der Waals surface area contributed by atoms with E-state index in [1.165, 1.54) is 7.11 Å². The zero-order valence-corrected chi connectivity index (χ0v) is 7.46. The van der Waals surface area contributed by atoms with Crippen LogP contribution in [0.15, 0.2) is 16.8 Å². The predicted molar refractivity (Wildman–Crippen MR) is 48.2 cm³/mol. The second kappa shape index (κ2) is 6.54. The molecule has 4 nitrogen and oxygen atoms in total. The van der Waals surface area contributed by atoms with E-state index < -0.39 is 0 Å². The third-order valence-electron chi connectivity index (χ3n) is 1.28. The van der Waals surface area contributed by atoms with E-state index >= 15 is 0 Å². The van der Waals surface area contributed by atoms with Crippen LogP contribution in [0.1, 0.15) is 6.92 Å². The molecular formula is C8H14N2O2. The van der Waals surface area contributed by atoms with E-state index in [0.29, 0.717) is 6.54 Å². The van der Waals surface area contributed by atoms with Gasteiger partial charge in [0.15, 0.2) is 0 Å². The van der Waals surface area contributed by atoms with Crippen molar-refractivity contribution in [3.8, 4) is 0 Å². The van der Waals surface area contributed by atoms with E-state index in [4.69, 9.17) is 0 Å². The average molecular weight is 170 g/mol. The number of allylic oxidation sites excluding steroid dienone is 1. The molecule has 0 aliphatic rings. The van der Waals surface area contributed by atoms with Crippen LogP contribution in [0.25, 0.3) is 0 Å². The lowest BCUT2D eigenvalue weighted by Gasteiger charge is -2.03. The van der Waals surface area contributed by atoms with Crippen molar-refractivity contribution < 1.29 is 9.53 Å². The molecule has 0 radical (unpaired) electrons. The van der Waals surface area contributed by atoms with Gasteiger partial charge in [-0.1, -0.05) is 6.08 Å². The number of ether oxygens (including phenoxy) is 1. The Morgan fingerprint density at radius 2 is 2.42 bits per heavy atom. The van der Waals surface area contributed by atoms with Gasteiger partial charge < -0.3 is 10.1 Å². The summed E-state index contributed by atoms with van der Waals surface area (Å²) in [5.41, 5.74) is 0.749. The molecule has 0 aromatic rings. The summed E-state index contributed by atoms with van der Waals surface area (Å²) >= 11 is 0. The second-order valence-electron chi connectivity index (χ2n) is 2.15. The van der Waals surface area contributed by atoms with Gasteiger partial charge in [-0.2, -0.15) is 0 Å². The number of amides is 1. The SMILES string of the molecule is C=NC(=CC)CNC(=O)COC. The maximum absolute atomic E-state index is 10.9. The number of methoxy groups -OCH3 is 1. The second-order valence-corrected chi connectivity index (χ2v) is 2.15. The first-order chi connectivity index (χ1) is 5.74. The minimum atomic E-state index is -0.152. The smallest absolute Gasteiger partial charge is 0.246 e. The molecule has 0 aliphatic carbocycles. The van der Waals surface area contributed by atoms with E-state index in [-0.39, 0.29) is 12.5 Å². The maximum Gasteiger partial charge on any atom is 0.246 e. The fraction of sp³-hybridized carbons (Fsp3) is 0.500. The largest absolute Gasteiger partial charge is 0.375 e. The molecule has 0 aliphatic heterocycles. The molecule has 0 aromatic carbocycles. The lowest BCUT2D eigenvalue weighted by Crippen LogP contribution is -2.28. The fourth-order valence-corrected chi connectivity index (χ4v) is 0.621. The first-order valence-corrected chi connectivity index (χ1v) is 3.62. The molecule has 0 aromatic heterocycles. The third kappa shape index (κ3) is 4.62. The highest BCUT2D eigenvalue weighted by molar-refractivity contribution is 5.77. The summed E-state index contributed by atoms with van der Waals surface area (Å²) in [5.74, 6) is -0.152. The van der Waals surface area contributed by atoms with Gasteiger partial charge in [-0.3, -0.25) is 9.79 Å². The summed E-state index contributed by atoms with van der Waals surface area (Å²) < 4.78 is 4.63. The average Bonchev–Trinajstić information content (AvgIpc) is 2.07. The maximum atomic E-state index is 10.9. The number of aliphatic imine (C=N–C) groups is 1. The molecule has 1 amide bonds. The number of nitrogens with one attached hydrogen (secondary N) is 1. The zero-order valence-electron chi connectivity index (χ0n) is 7.46. The topological polar surface area (TPSA) is 50.7 Å². The molecule has 1 N–H and O–H groups in total. The Morgan fingerprint density at radius 3 is 2.83 bits per heavy atom. The highest BCUT2D eigenvalue weighted by Gasteiger charge is 1.98. The van der Waals surface area contributed by atoms with Crippen molar-refractivity contribution in [2.75, 3.05) is 20.3 Å². The van der Waals surface area contributed by atoms with Gasteiger partial charge in [-0.15, -0.1) is 0 Å². The molecule has 0 saturated carbocycles. The number of carbonyl (C=O) groups is 1. The van der Waals surface area contributed by atoms with Crippen molar-refractivity contribution in [2.24, 2.45) is 4.99 Å². The van der Waals surface area contributed by atoms with Crippen molar-refractivity contribution in [1.82, 2.24) is 5.32 Å². The van der Waals surface area contributed by atoms with Gasteiger partial charge in [-0.05, 0) is 13.6 Å². The summed E-state index contributed by atoms with van der Waals surface area (Å²) in [6.07, 6.45) is 1.79. The van der Waals surface area contributed by atoms with Gasteiger partial charge >= 0.3 is 0 Å². The zero-order chi connectivity index (χ0) is 9.40.